The van der Waals surface area contributed by atoms with Gasteiger partial charge in [-0.2, -0.15) is 0 Å². The van der Waals surface area contributed by atoms with Crippen molar-refractivity contribution in [3.8, 4) is 11.6 Å². The predicted molar refractivity (Wildman–Crippen MR) is 117 cm³/mol. The second-order valence-electron chi connectivity index (χ2n) is 9.03. The number of aromatic nitrogens is 3. The molecule has 0 N–H and O–H groups in total. The number of ether oxygens (including phenoxy) is 2. The van der Waals surface area contributed by atoms with Gasteiger partial charge in [-0.05, 0) is 56.7 Å². The van der Waals surface area contributed by atoms with Crippen LogP contribution < -0.4 is 9.47 Å². The van der Waals surface area contributed by atoms with Crippen molar-refractivity contribution >= 4 is 16.9 Å². The van der Waals surface area contributed by atoms with Gasteiger partial charge < -0.3 is 9.47 Å². The molecule has 31 heavy (non-hydrogen) atoms. The molecule has 1 aliphatic heterocycles. The summed E-state index contributed by atoms with van der Waals surface area (Å²) in [5.41, 5.74) is 3.22. The van der Waals surface area contributed by atoms with E-state index in [0.29, 0.717) is 34.6 Å². The number of nitrogens with zero attached hydrogens (tertiary/aromatic N) is 3. The van der Waals surface area contributed by atoms with Crippen molar-refractivity contribution in [2.75, 3.05) is 6.61 Å². The molecule has 0 saturated carbocycles. The Kier molecular flexibility index (Phi) is 5.23. The van der Waals surface area contributed by atoms with Crippen molar-refractivity contribution in [2.24, 2.45) is 0 Å². The Labute approximate surface area is 181 Å². The Hall–Kier alpha value is -2.96. The first-order valence-corrected chi connectivity index (χ1v) is 10.7. The SMILES string of the molecule is CCOc1nn2c(c1C(=O)Oc1c(C)c(C)nc3c(F)cc(C(C)(C)C)cc13)CCC2. The molecule has 4 rings (SSSR count). The highest BCUT2D eigenvalue weighted by Gasteiger charge is 2.30. The summed E-state index contributed by atoms with van der Waals surface area (Å²) in [6, 6.07) is 3.37. The van der Waals surface area contributed by atoms with Gasteiger partial charge in [0.05, 0.1) is 12.3 Å². The van der Waals surface area contributed by atoms with E-state index in [-0.39, 0.29) is 16.8 Å². The average Bonchev–Trinajstić information content (AvgIpc) is 3.26. The zero-order valence-electron chi connectivity index (χ0n) is 18.9. The molecule has 0 aliphatic carbocycles. The van der Waals surface area contributed by atoms with Crippen LogP contribution in [0.4, 0.5) is 4.39 Å². The van der Waals surface area contributed by atoms with Gasteiger partial charge in [-0.1, -0.05) is 20.8 Å². The quantitative estimate of drug-likeness (QED) is 0.548. The minimum Gasteiger partial charge on any atom is -0.476 e. The molecule has 0 unspecified atom stereocenters. The van der Waals surface area contributed by atoms with Crippen LogP contribution in [0.5, 0.6) is 11.6 Å². The summed E-state index contributed by atoms with van der Waals surface area (Å²) in [5.74, 6) is -0.346. The summed E-state index contributed by atoms with van der Waals surface area (Å²) >= 11 is 0. The van der Waals surface area contributed by atoms with Gasteiger partial charge in [0.1, 0.15) is 22.6 Å². The maximum Gasteiger partial charge on any atom is 0.351 e. The molecule has 1 aliphatic rings. The number of carbonyl (C=O) groups excluding carboxylic acids is 1. The maximum atomic E-state index is 15.0. The van der Waals surface area contributed by atoms with E-state index < -0.39 is 11.8 Å². The average molecular weight is 426 g/mol. The lowest BCUT2D eigenvalue weighted by Crippen LogP contribution is -2.15. The molecule has 6 nitrogen and oxygen atoms in total. The van der Waals surface area contributed by atoms with Crippen LogP contribution in [-0.2, 0) is 18.4 Å². The topological polar surface area (TPSA) is 66.2 Å². The van der Waals surface area contributed by atoms with E-state index in [9.17, 15) is 9.18 Å². The van der Waals surface area contributed by atoms with Crippen LogP contribution in [0.15, 0.2) is 12.1 Å². The molecule has 0 saturated heterocycles. The van der Waals surface area contributed by atoms with Crippen LogP contribution >= 0.6 is 0 Å². The molecule has 1 aromatic carbocycles. The first-order valence-electron chi connectivity index (χ1n) is 10.7. The number of pyridine rings is 1. The van der Waals surface area contributed by atoms with E-state index in [1.54, 1.807) is 6.92 Å². The molecule has 3 aromatic rings. The van der Waals surface area contributed by atoms with Gasteiger partial charge in [0.25, 0.3) is 0 Å². The smallest absolute Gasteiger partial charge is 0.351 e. The fourth-order valence-electron chi connectivity index (χ4n) is 3.96. The van der Waals surface area contributed by atoms with Crippen molar-refractivity contribution in [1.82, 2.24) is 14.8 Å². The summed E-state index contributed by atoms with van der Waals surface area (Å²) in [4.78, 5) is 17.8. The van der Waals surface area contributed by atoms with Crippen LogP contribution in [-0.4, -0.2) is 27.3 Å². The van der Waals surface area contributed by atoms with Crippen molar-refractivity contribution < 1.29 is 18.7 Å². The molecular weight excluding hydrogens is 397 g/mol. The molecule has 164 valence electrons. The standard InChI is InChI=1S/C24H28FN3O3/c1-7-30-22-19(18-9-8-10-28(18)27-22)23(29)31-21-13(2)14(3)26-20-16(21)11-15(12-17(20)25)24(4,5)6/h11-12H,7-10H2,1-6H3. The van der Waals surface area contributed by atoms with Crippen molar-refractivity contribution in [3.05, 3.63) is 46.0 Å². The first-order chi connectivity index (χ1) is 14.6. The minimum absolute atomic E-state index is 0.198. The number of esters is 1. The predicted octanol–water partition coefficient (Wildman–Crippen LogP) is 5.05. The van der Waals surface area contributed by atoms with E-state index in [1.165, 1.54) is 6.07 Å². The van der Waals surface area contributed by atoms with Gasteiger partial charge in [-0.15, -0.1) is 5.10 Å². The van der Waals surface area contributed by atoms with Gasteiger partial charge in [0.2, 0.25) is 5.88 Å². The highest BCUT2D eigenvalue weighted by molar-refractivity contribution is 5.98. The Balaban J connectivity index is 1.86. The van der Waals surface area contributed by atoms with Gasteiger partial charge in [0, 0.05) is 23.2 Å². The van der Waals surface area contributed by atoms with Crippen molar-refractivity contribution in [1.29, 1.82) is 0 Å². The number of rotatable bonds is 4. The Morgan fingerprint density at radius 1 is 1.26 bits per heavy atom. The van der Waals surface area contributed by atoms with E-state index in [2.05, 4.69) is 10.1 Å². The summed E-state index contributed by atoms with van der Waals surface area (Å²) in [7, 11) is 0. The number of benzene rings is 1. The van der Waals surface area contributed by atoms with Crippen LogP contribution in [0, 0.1) is 19.7 Å². The summed E-state index contributed by atoms with van der Waals surface area (Å²) in [6.07, 6.45) is 1.66. The number of aryl methyl sites for hydroxylation is 2. The lowest BCUT2D eigenvalue weighted by atomic mass is 9.86. The number of hydrogen-bond donors (Lipinski definition) is 0. The maximum absolute atomic E-state index is 15.0. The van der Waals surface area contributed by atoms with E-state index in [0.717, 1.165) is 30.6 Å². The first kappa shape index (κ1) is 21.3. The fraction of sp³-hybridized carbons (Fsp3) is 0.458. The Morgan fingerprint density at radius 3 is 2.68 bits per heavy atom. The van der Waals surface area contributed by atoms with Crippen LogP contribution in [0.2, 0.25) is 0 Å². The highest BCUT2D eigenvalue weighted by Crippen LogP contribution is 2.37. The van der Waals surface area contributed by atoms with Crippen LogP contribution in [0.1, 0.15) is 67.0 Å². The number of fused-ring (bicyclic) bond motifs is 2. The second kappa shape index (κ2) is 7.62. The molecule has 0 amide bonds. The van der Waals surface area contributed by atoms with Crippen LogP contribution in [0.25, 0.3) is 10.9 Å². The normalized spacial score (nSPS) is 13.5. The molecule has 0 atom stereocenters. The molecule has 0 radical (unpaired) electrons. The van der Waals surface area contributed by atoms with E-state index in [4.69, 9.17) is 9.47 Å². The largest absolute Gasteiger partial charge is 0.476 e. The molecule has 3 heterocycles. The van der Waals surface area contributed by atoms with E-state index >= 15 is 0 Å². The number of hydrogen-bond acceptors (Lipinski definition) is 5. The number of halogens is 1. The van der Waals surface area contributed by atoms with Crippen LogP contribution in [0.3, 0.4) is 0 Å². The van der Waals surface area contributed by atoms with Gasteiger partial charge >= 0.3 is 5.97 Å². The van der Waals surface area contributed by atoms with Gasteiger partial charge in [-0.3, -0.25) is 4.68 Å². The summed E-state index contributed by atoms with van der Waals surface area (Å²) < 4.78 is 28.3. The molecule has 0 fully saturated rings. The molecule has 7 heteroatoms. The Bertz CT molecular complexity index is 1190. The molecule has 2 aromatic heterocycles. The Morgan fingerprint density at radius 2 is 2.00 bits per heavy atom. The fourth-order valence-corrected chi connectivity index (χ4v) is 3.96. The third-order valence-corrected chi connectivity index (χ3v) is 5.83. The summed E-state index contributed by atoms with van der Waals surface area (Å²) in [6.45, 7) is 12.6. The zero-order valence-corrected chi connectivity index (χ0v) is 18.9. The van der Waals surface area contributed by atoms with E-state index in [1.807, 2.05) is 45.4 Å². The molecule has 0 spiro atoms. The third-order valence-electron chi connectivity index (χ3n) is 5.83. The third kappa shape index (κ3) is 3.66. The minimum atomic E-state index is -0.539. The van der Waals surface area contributed by atoms with Gasteiger partial charge in [-0.25, -0.2) is 14.2 Å². The highest BCUT2D eigenvalue weighted by atomic mass is 19.1. The second-order valence-corrected chi connectivity index (χ2v) is 9.03. The molecule has 0 bridgehead atoms. The van der Waals surface area contributed by atoms with Gasteiger partial charge in [0.15, 0.2) is 0 Å². The summed E-state index contributed by atoms with van der Waals surface area (Å²) in [5, 5.41) is 4.92. The lowest BCUT2D eigenvalue weighted by molar-refractivity contribution is 0.0730. The molecular formula is C24H28FN3O3. The monoisotopic (exact) mass is 425 g/mol. The van der Waals surface area contributed by atoms with Crippen molar-refractivity contribution in [3.63, 3.8) is 0 Å². The lowest BCUT2D eigenvalue weighted by Gasteiger charge is -2.21. The van der Waals surface area contributed by atoms with Crippen molar-refractivity contribution in [2.45, 2.75) is 66.3 Å². The number of carbonyl (C=O) groups is 1. The zero-order chi connectivity index (χ0) is 22.5.